The second-order valence-corrected chi connectivity index (χ2v) is 6.08. The number of benzene rings is 1. The quantitative estimate of drug-likeness (QED) is 0.808. The number of hydrogen-bond acceptors (Lipinski definition) is 4. The van der Waals surface area contributed by atoms with Crippen LogP contribution in [0, 0.1) is 0 Å². The van der Waals surface area contributed by atoms with Crippen LogP contribution in [0.3, 0.4) is 0 Å². The van der Waals surface area contributed by atoms with Gasteiger partial charge in [-0.2, -0.15) is 0 Å². The molecule has 5 nitrogen and oxygen atoms in total. The Labute approximate surface area is 123 Å². The monoisotopic (exact) mass is 288 g/mol. The summed E-state index contributed by atoms with van der Waals surface area (Å²) in [6, 6.07) is 5.50. The second kappa shape index (κ2) is 5.24. The zero-order valence-corrected chi connectivity index (χ0v) is 12.3. The smallest absolute Gasteiger partial charge is 0.244 e. The Morgan fingerprint density at radius 1 is 1.33 bits per heavy atom. The summed E-state index contributed by atoms with van der Waals surface area (Å²) in [4.78, 5) is 25.1. The molecule has 1 saturated heterocycles. The SMILES string of the molecule is CC(C)c1cccc2c1CN([C@H]1CCC(=O)NC1=O)C2O. The molecule has 1 aromatic rings. The molecule has 1 fully saturated rings. The van der Waals surface area contributed by atoms with Crippen molar-refractivity contribution in [2.45, 2.75) is 51.4 Å². The number of fused-ring (bicyclic) bond motifs is 1. The number of amides is 2. The molecule has 0 saturated carbocycles. The minimum absolute atomic E-state index is 0.231. The largest absolute Gasteiger partial charge is 0.374 e. The maximum Gasteiger partial charge on any atom is 0.244 e. The third-order valence-corrected chi connectivity index (χ3v) is 4.41. The molecule has 0 bridgehead atoms. The zero-order chi connectivity index (χ0) is 15.1. The zero-order valence-electron chi connectivity index (χ0n) is 12.3. The predicted octanol–water partition coefficient (Wildman–Crippen LogP) is 1.42. The number of rotatable bonds is 2. The summed E-state index contributed by atoms with van der Waals surface area (Å²) in [6.45, 7) is 4.80. The van der Waals surface area contributed by atoms with Crippen molar-refractivity contribution >= 4 is 11.8 Å². The van der Waals surface area contributed by atoms with Gasteiger partial charge in [0, 0.05) is 18.5 Å². The Bertz CT molecular complexity index is 597. The lowest BCUT2D eigenvalue weighted by molar-refractivity contribution is -0.141. The average molecular weight is 288 g/mol. The molecule has 5 heteroatoms. The summed E-state index contributed by atoms with van der Waals surface area (Å²) in [6.07, 6.45) is 0.0161. The third kappa shape index (κ3) is 2.36. The topological polar surface area (TPSA) is 69.6 Å². The number of carbonyl (C=O) groups excluding carboxylic acids is 2. The molecule has 2 atom stereocenters. The molecule has 2 N–H and O–H groups in total. The van der Waals surface area contributed by atoms with E-state index in [1.807, 2.05) is 12.1 Å². The summed E-state index contributed by atoms with van der Waals surface area (Å²) in [5.74, 6) is -0.164. The molecular weight excluding hydrogens is 268 g/mol. The molecule has 1 unspecified atom stereocenters. The van der Waals surface area contributed by atoms with Crippen molar-refractivity contribution in [3.63, 3.8) is 0 Å². The van der Waals surface area contributed by atoms with E-state index in [2.05, 4.69) is 25.2 Å². The van der Waals surface area contributed by atoms with E-state index < -0.39 is 12.3 Å². The average Bonchev–Trinajstić information content (AvgIpc) is 2.76. The van der Waals surface area contributed by atoms with Crippen molar-refractivity contribution in [1.29, 1.82) is 0 Å². The first-order chi connectivity index (χ1) is 9.99. The van der Waals surface area contributed by atoms with Crippen molar-refractivity contribution in [2.24, 2.45) is 0 Å². The maximum absolute atomic E-state index is 12.0. The molecule has 0 aliphatic carbocycles. The van der Waals surface area contributed by atoms with Gasteiger partial charge >= 0.3 is 0 Å². The molecule has 2 aliphatic rings. The molecular formula is C16H20N2O3. The van der Waals surface area contributed by atoms with E-state index >= 15 is 0 Å². The van der Waals surface area contributed by atoms with Gasteiger partial charge in [-0.15, -0.1) is 0 Å². The Morgan fingerprint density at radius 3 is 2.76 bits per heavy atom. The van der Waals surface area contributed by atoms with Crippen LogP contribution in [-0.2, 0) is 16.1 Å². The fourth-order valence-corrected chi connectivity index (χ4v) is 3.32. The van der Waals surface area contributed by atoms with Gasteiger partial charge in [-0.05, 0) is 23.5 Å². The van der Waals surface area contributed by atoms with Gasteiger partial charge in [0.15, 0.2) is 0 Å². The van der Waals surface area contributed by atoms with E-state index in [0.717, 1.165) is 11.1 Å². The molecule has 0 aromatic heterocycles. The number of nitrogens with one attached hydrogen (secondary N) is 1. The molecule has 0 spiro atoms. The van der Waals surface area contributed by atoms with Gasteiger partial charge in [-0.3, -0.25) is 19.8 Å². The standard InChI is InChI=1S/C16H20N2O3/c1-9(2)10-4-3-5-11-12(10)8-18(16(11)21)13-6-7-14(19)17-15(13)20/h3-5,9,13,16,21H,6-8H2,1-2H3,(H,17,19,20)/t13-,16?/m0/s1. The molecule has 2 amide bonds. The highest BCUT2D eigenvalue weighted by Crippen LogP contribution is 2.38. The van der Waals surface area contributed by atoms with Crippen LogP contribution in [0.4, 0.5) is 0 Å². The van der Waals surface area contributed by atoms with Crippen LogP contribution < -0.4 is 5.32 Å². The van der Waals surface area contributed by atoms with E-state index in [-0.39, 0.29) is 11.8 Å². The van der Waals surface area contributed by atoms with Crippen molar-refractivity contribution in [1.82, 2.24) is 10.2 Å². The predicted molar refractivity (Wildman–Crippen MR) is 77.2 cm³/mol. The van der Waals surface area contributed by atoms with Crippen LogP contribution in [0.2, 0.25) is 0 Å². The van der Waals surface area contributed by atoms with Gasteiger partial charge in [0.05, 0.1) is 6.04 Å². The van der Waals surface area contributed by atoms with Crippen molar-refractivity contribution in [3.8, 4) is 0 Å². The summed E-state index contributed by atoms with van der Waals surface area (Å²) in [7, 11) is 0. The van der Waals surface area contributed by atoms with E-state index in [4.69, 9.17) is 0 Å². The molecule has 2 aliphatic heterocycles. The van der Waals surface area contributed by atoms with Gasteiger partial charge in [0.1, 0.15) is 6.23 Å². The number of piperidine rings is 1. The van der Waals surface area contributed by atoms with E-state index in [0.29, 0.717) is 25.3 Å². The first-order valence-corrected chi connectivity index (χ1v) is 7.38. The van der Waals surface area contributed by atoms with Crippen molar-refractivity contribution < 1.29 is 14.7 Å². The summed E-state index contributed by atoms with van der Waals surface area (Å²) < 4.78 is 0. The highest BCUT2D eigenvalue weighted by molar-refractivity contribution is 6.00. The van der Waals surface area contributed by atoms with Crippen LogP contribution in [0.25, 0.3) is 0 Å². The fraction of sp³-hybridized carbons (Fsp3) is 0.500. The first kappa shape index (κ1) is 14.2. The van der Waals surface area contributed by atoms with E-state index in [1.165, 1.54) is 5.56 Å². The fourth-order valence-electron chi connectivity index (χ4n) is 3.32. The normalized spacial score (nSPS) is 26.1. The number of nitrogens with zero attached hydrogens (tertiary/aromatic N) is 1. The summed E-state index contributed by atoms with van der Waals surface area (Å²) in [5, 5.41) is 12.9. The first-order valence-electron chi connectivity index (χ1n) is 7.38. The Balaban J connectivity index is 1.90. The van der Waals surface area contributed by atoms with Gasteiger partial charge < -0.3 is 5.11 Å². The van der Waals surface area contributed by atoms with Crippen molar-refractivity contribution in [3.05, 3.63) is 34.9 Å². The maximum atomic E-state index is 12.0. The van der Waals surface area contributed by atoms with Crippen LogP contribution in [-0.4, -0.2) is 27.9 Å². The Kier molecular flexibility index (Phi) is 3.55. The molecule has 21 heavy (non-hydrogen) atoms. The third-order valence-electron chi connectivity index (χ3n) is 4.41. The van der Waals surface area contributed by atoms with E-state index in [1.54, 1.807) is 4.90 Å². The Morgan fingerprint density at radius 2 is 2.10 bits per heavy atom. The van der Waals surface area contributed by atoms with Crippen LogP contribution >= 0.6 is 0 Å². The molecule has 3 rings (SSSR count). The minimum Gasteiger partial charge on any atom is -0.374 e. The molecule has 112 valence electrons. The van der Waals surface area contributed by atoms with Crippen LogP contribution in [0.1, 0.15) is 55.5 Å². The lowest BCUT2D eigenvalue weighted by Gasteiger charge is -2.31. The number of carbonyl (C=O) groups is 2. The molecule has 2 heterocycles. The Hall–Kier alpha value is -1.72. The lowest BCUT2D eigenvalue weighted by atomic mass is 9.95. The van der Waals surface area contributed by atoms with Crippen molar-refractivity contribution in [2.75, 3.05) is 0 Å². The summed E-state index contributed by atoms with van der Waals surface area (Å²) in [5.41, 5.74) is 3.21. The van der Waals surface area contributed by atoms with Gasteiger partial charge in [-0.25, -0.2) is 0 Å². The minimum atomic E-state index is -0.775. The van der Waals surface area contributed by atoms with Crippen LogP contribution in [0.5, 0.6) is 0 Å². The number of imide groups is 1. The number of aliphatic hydroxyl groups is 1. The van der Waals surface area contributed by atoms with Gasteiger partial charge in [-0.1, -0.05) is 32.0 Å². The lowest BCUT2D eigenvalue weighted by Crippen LogP contribution is -2.51. The molecule has 1 aromatic carbocycles. The summed E-state index contributed by atoms with van der Waals surface area (Å²) >= 11 is 0. The van der Waals surface area contributed by atoms with Gasteiger partial charge in [0.25, 0.3) is 0 Å². The van der Waals surface area contributed by atoms with Gasteiger partial charge in [0.2, 0.25) is 11.8 Å². The van der Waals surface area contributed by atoms with E-state index in [9.17, 15) is 14.7 Å². The highest BCUT2D eigenvalue weighted by Gasteiger charge is 2.40. The number of aliphatic hydroxyl groups excluding tert-OH is 1. The number of hydrogen-bond donors (Lipinski definition) is 2. The van der Waals surface area contributed by atoms with Crippen LogP contribution in [0.15, 0.2) is 18.2 Å². The second-order valence-electron chi connectivity index (χ2n) is 6.08. The highest BCUT2D eigenvalue weighted by atomic mass is 16.3. The molecule has 0 radical (unpaired) electrons.